The third-order valence-electron chi connectivity index (χ3n) is 6.01. The topological polar surface area (TPSA) is 33.7 Å². The number of nitrogens with zero attached hydrogens (tertiary/aromatic N) is 1. The number of rotatable bonds is 7. The van der Waals surface area contributed by atoms with Crippen molar-refractivity contribution in [2.24, 2.45) is 0 Å². The molecule has 1 fully saturated rings. The van der Waals surface area contributed by atoms with Gasteiger partial charge >= 0.3 is 0 Å². The van der Waals surface area contributed by atoms with Crippen LogP contribution in [0.25, 0.3) is 0 Å². The summed E-state index contributed by atoms with van der Waals surface area (Å²) in [6.07, 6.45) is 7.51. The van der Waals surface area contributed by atoms with Crippen molar-refractivity contribution in [3.8, 4) is 11.5 Å². The van der Waals surface area contributed by atoms with E-state index in [1.807, 2.05) is 6.07 Å². The van der Waals surface area contributed by atoms with Crippen LogP contribution in [0.4, 0.5) is 5.69 Å². The molecule has 1 N–H and O–H groups in total. The highest BCUT2D eigenvalue weighted by Gasteiger charge is 2.44. The highest BCUT2D eigenvalue weighted by Crippen LogP contribution is 2.52. The van der Waals surface area contributed by atoms with E-state index in [4.69, 9.17) is 9.47 Å². The largest absolute Gasteiger partial charge is 0.496 e. The van der Waals surface area contributed by atoms with E-state index in [1.54, 1.807) is 14.2 Å². The number of anilines is 1. The lowest BCUT2D eigenvalue weighted by molar-refractivity contribution is 0.232. The first-order valence-corrected chi connectivity index (χ1v) is 9.34. The second-order valence-corrected chi connectivity index (χ2v) is 7.44. The van der Waals surface area contributed by atoms with Crippen molar-refractivity contribution in [1.82, 2.24) is 4.90 Å². The first-order chi connectivity index (χ1) is 11.6. The Balaban J connectivity index is 2.02. The first kappa shape index (κ1) is 17.4. The summed E-state index contributed by atoms with van der Waals surface area (Å²) in [4.78, 5) is 2.54. The van der Waals surface area contributed by atoms with Gasteiger partial charge in [0.2, 0.25) is 0 Å². The summed E-state index contributed by atoms with van der Waals surface area (Å²) < 4.78 is 11.4. The quantitative estimate of drug-likeness (QED) is 0.817. The average molecular weight is 332 g/mol. The molecule has 0 aromatic heterocycles. The lowest BCUT2D eigenvalue weighted by Gasteiger charge is -2.35. The number of nitrogens with one attached hydrogen (secondary N) is 1. The zero-order valence-electron chi connectivity index (χ0n) is 15.7. The number of methoxy groups -OCH3 is 2. The molecule has 1 aromatic carbocycles. The predicted octanol–water partition coefficient (Wildman–Crippen LogP) is 4.04. The molecule has 0 amide bonds. The van der Waals surface area contributed by atoms with Crippen LogP contribution in [0, 0.1) is 0 Å². The highest BCUT2D eigenvalue weighted by molar-refractivity contribution is 5.73. The molecule has 0 spiro atoms. The normalized spacial score (nSPS) is 26.2. The summed E-state index contributed by atoms with van der Waals surface area (Å²) in [6.45, 7) is 4.49. The van der Waals surface area contributed by atoms with Gasteiger partial charge in [-0.2, -0.15) is 0 Å². The van der Waals surface area contributed by atoms with E-state index < -0.39 is 0 Å². The molecule has 4 nitrogen and oxygen atoms in total. The average Bonchev–Trinajstić information content (AvgIpc) is 3.18. The molecular formula is C20H32N2O2. The summed E-state index contributed by atoms with van der Waals surface area (Å²) in [7, 11) is 5.81. The molecule has 2 heterocycles. The Hall–Kier alpha value is -1.42. The molecule has 134 valence electrons. The van der Waals surface area contributed by atoms with E-state index in [-0.39, 0.29) is 5.41 Å². The third-order valence-corrected chi connectivity index (χ3v) is 6.01. The molecule has 24 heavy (non-hydrogen) atoms. The summed E-state index contributed by atoms with van der Waals surface area (Å²) >= 11 is 0. The van der Waals surface area contributed by atoms with Gasteiger partial charge in [0.05, 0.1) is 19.9 Å². The number of hydrogen-bond donors (Lipinski definition) is 1. The molecule has 1 saturated heterocycles. The molecule has 0 aliphatic carbocycles. The standard InChI is InChI=1S/C20H32N2O2/c1-5-6-11-20(13-15-8-7-12-22(15)2)14-21-19-17(24-4)10-9-16(23-3)18(19)20/h9-10,15,21H,5-8,11-14H2,1-4H3/t15-,20?/m1/s1. The van der Waals surface area contributed by atoms with Gasteiger partial charge in [-0.15, -0.1) is 0 Å². The van der Waals surface area contributed by atoms with Crippen molar-refractivity contribution in [3.63, 3.8) is 0 Å². The molecule has 1 aromatic rings. The van der Waals surface area contributed by atoms with Crippen LogP contribution < -0.4 is 14.8 Å². The number of likely N-dealkylation sites (tertiary alicyclic amines) is 1. The predicted molar refractivity (Wildman–Crippen MR) is 99.5 cm³/mol. The van der Waals surface area contributed by atoms with E-state index in [9.17, 15) is 0 Å². The van der Waals surface area contributed by atoms with Crippen molar-refractivity contribution in [3.05, 3.63) is 17.7 Å². The minimum Gasteiger partial charge on any atom is -0.496 e. The first-order valence-electron chi connectivity index (χ1n) is 9.34. The summed E-state index contributed by atoms with van der Waals surface area (Å²) in [5.41, 5.74) is 2.64. The molecular weight excluding hydrogens is 300 g/mol. The molecule has 2 aliphatic heterocycles. The van der Waals surface area contributed by atoms with Crippen molar-refractivity contribution in [2.45, 2.75) is 56.9 Å². The molecule has 3 rings (SSSR count). The maximum Gasteiger partial charge on any atom is 0.142 e. The Morgan fingerprint density at radius 2 is 2.00 bits per heavy atom. The van der Waals surface area contributed by atoms with E-state index in [2.05, 4.69) is 30.3 Å². The van der Waals surface area contributed by atoms with Gasteiger partial charge < -0.3 is 19.7 Å². The molecule has 4 heteroatoms. The maximum absolute atomic E-state index is 5.77. The van der Waals surface area contributed by atoms with Crippen LogP contribution in [0.15, 0.2) is 12.1 Å². The minimum absolute atomic E-state index is 0.147. The van der Waals surface area contributed by atoms with E-state index >= 15 is 0 Å². The van der Waals surface area contributed by atoms with E-state index in [0.29, 0.717) is 6.04 Å². The molecule has 2 aliphatic rings. The lowest BCUT2D eigenvalue weighted by atomic mass is 9.72. The van der Waals surface area contributed by atoms with E-state index in [1.165, 1.54) is 50.6 Å². The van der Waals surface area contributed by atoms with Crippen LogP contribution >= 0.6 is 0 Å². The fourth-order valence-electron chi connectivity index (χ4n) is 4.65. The van der Waals surface area contributed by atoms with Gasteiger partial charge in [0.1, 0.15) is 11.5 Å². The second kappa shape index (κ2) is 7.22. The third kappa shape index (κ3) is 2.97. The fourth-order valence-corrected chi connectivity index (χ4v) is 4.65. The highest BCUT2D eigenvalue weighted by atomic mass is 16.5. The van der Waals surface area contributed by atoms with E-state index in [0.717, 1.165) is 23.7 Å². The lowest BCUT2D eigenvalue weighted by Crippen LogP contribution is -2.37. The smallest absolute Gasteiger partial charge is 0.142 e. The fraction of sp³-hybridized carbons (Fsp3) is 0.700. The second-order valence-electron chi connectivity index (χ2n) is 7.44. The monoisotopic (exact) mass is 332 g/mol. The summed E-state index contributed by atoms with van der Waals surface area (Å²) in [6, 6.07) is 4.76. The van der Waals surface area contributed by atoms with Crippen LogP contribution in [0.3, 0.4) is 0 Å². The van der Waals surface area contributed by atoms with Gasteiger partial charge in [0.25, 0.3) is 0 Å². The van der Waals surface area contributed by atoms with Gasteiger partial charge in [-0.1, -0.05) is 19.8 Å². The minimum atomic E-state index is 0.147. The molecule has 0 bridgehead atoms. The van der Waals surface area contributed by atoms with Crippen molar-refractivity contribution in [1.29, 1.82) is 0 Å². The Morgan fingerprint density at radius 3 is 2.62 bits per heavy atom. The Bertz CT molecular complexity index is 575. The van der Waals surface area contributed by atoms with Gasteiger partial charge in [-0.05, 0) is 51.4 Å². The van der Waals surface area contributed by atoms with Crippen LogP contribution in [0.5, 0.6) is 11.5 Å². The van der Waals surface area contributed by atoms with Gasteiger partial charge in [-0.3, -0.25) is 0 Å². The molecule has 0 radical (unpaired) electrons. The van der Waals surface area contributed by atoms with Crippen LogP contribution in [0.2, 0.25) is 0 Å². The van der Waals surface area contributed by atoms with Crippen LogP contribution in [0.1, 0.15) is 51.0 Å². The number of fused-ring (bicyclic) bond motifs is 1. The van der Waals surface area contributed by atoms with Gasteiger partial charge in [-0.25, -0.2) is 0 Å². The zero-order chi connectivity index (χ0) is 17.2. The van der Waals surface area contributed by atoms with Crippen molar-refractivity contribution in [2.75, 3.05) is 39.7 Å². The zero-order valence-corrected chi connectivity index (χ0v) is 15.7. The Labute approximate surface area is 146 Å². The maximum atomic E-state index is 5.77. The van der Waals surface area contributed by atoms with Crippen LogP contribution in [-0.2, 0) is 5.41 Å². The van der Waals surface area contributed by atoms with Gasteiger partial charge in [0, 0.05) is 23.6 Å². The van der Waals surface area contributed by atoms with Gasteiger partial charge in [0.15, 0.2) is 0 Å². The molecule has 0 saturated carbocycles. The van der Waals surface area contributed by atoms with Crippen molar-refractivity contribution >= 4 is 5.69 Å². The Morgan fingerprint density at radius 1 is 1.25 bits per heavy atom. The Kier molecular flexibility index (Phi) is 5.24. The molecule has 1 unspecified atom stereocenters. The number of hydrogen-bond acceptors (Lipinski definition) is 4. The summed E-state index contributed by atoms with van der Waals surface area (Å²) in [5.74, 6) is 1.94. The number of unbranched alkanes of at least 4 members (excludes halogenated alkanes) is 1. The molecule has 2 atom stereocenters. The SMILES string of the molecule is CCCCC1(C[C@H]2CCCN2C)CNc2c(OC)ccc(OC)c21. The number of benzene rings is 1. The van der Waals surface area contributed by atoms with Crippen molar-refractivity contribution < 1.29 is 9.47 Å². The summed E-state index contributed by atoms with van der Waals surface area (Å²) in [5, 5.41) is 3.66. The number of ether oxygens (including phenoxy) is 2. The van der Waals surface area contributed by atoms with Crippen LogP contribution in [-0.4, -0.2) is 45.3 Å².